The van der Waals surface area contributed by atoms with Crippen LogP contribution >= 0.6 is 0 Å². The fourth-order valence-electron chi connectivity index (χ4n) is 0.783. The van der Waals surface area contributed by atoms with Crippen molar-refractivity contribution in [2.24, 2.45) is 4.99 Å². The summed E-state index contributed by atoms with van der Waals surface area (Å²) in [6.07, 6.45) is 1.83. The van der Waals surface area contributed by atoms with Crippen molar-refractivity contribution in [3.8, 4) is 0 Å². The Morgan fingerprint density at radius 2 is 2.27 bits per heavy atom. The lowest BCUT2D eigenvalue weighted by Crippen LogP contribution is -2.26. The maximum Gasteiger partial charge on any atom is 0.226 e. The van der Waals surface area contributed by atoms with Crippen LogP contribution in [0.4, 0.5) is 0 Å². The molecule has 0 radical (unpaired) electrons. The van der Waals surface area contributed by atoms with Crippen LogP contribution < -0.4 is 5.32 Å². The monoisotopic (exact) mass is 213 g/mol. The number of hydrogen-bond donors (Lipinski definition) is 1. The summed E-state index contributed by atoms with van der Waals surface area (Å²) in [4.78, 5) is 17.0. The van der Waals surface area contributed by atoms with Crippen molar-refractivity contribution in [1.29, 1.82) is 0 Å². The number of methoxy groups -OCH3 is 1. The highest BCUT2D eigenvalue weighted by Gasteiger charge is 2.01. The van der Waals surface area contributed by atoms with Gasteiger partial charge in [0.05, 0.1) is 19.4 Å². The Morgan fingerprint density at radius 1 is 1.60 bits per heavy atom. The quantitative estimate of drug-likeness (QED) is 0.374. The van der Waals surface area contributed by atoms with E-state index >= 15 is 0 Å². The second-order valence-corrected chi connectivity index (χ2v) is 3.29. The molecule has 5 nitrogen and oxygen atoms in total. The first kappa shape index (κ1) is 13.6. The molecule has 0 aliphatic rings. The normalized spacial score (nSPS) is 10.3. The van der Waals surface area contributed by atoms with Crippen LogP contribution in [-0.4, -0.2) is 51.5 Å². The second-order valence-electron chi connectivity index (χ2n) is 3.29. The van der Waals surface area contributed by atoms with Crippen LogP contribution in [0.2, 0.25) is 0 Å². The molecule has 0 bridgehead atoms. The zero-order valence-corrected chi connectivity index (χ0v) is 9.62. The maximum atomic E-state index is 11.3. The molecule has 0 saturated heterocycles. The first-order valence-electron chi connectivity index (χ1n) is 4.70. The summed E-state index contributed by atoms with van der Waals surface area (Å²) >= 11 is 0. The third-order valence-electron chi connectivity index (χ3n) is 1.46. The van der Waals surface area contributed by atoms with Gasteiger partial charge in [0.2, 0.25) is 5.91 Å². The summed E-state index contributed by atoms with van der Waals surface area (Å²) in [5.41, 5.74) is 0.540. The molecule has 0 aliphatic carbocycles. The van der Waals surface area contributed by atoms with Crippen LogP contribution in [0.15, 0.2) is 17.3 Å². The summed E-state index contributed by atoms with van der Waals surface area (Å²) in [6.45, 7) is 4.71. The van der Waals surface area contributed by atoms with Gasteiger partial charge in [0.15, 0.2) is 0 Å². The molecule has 0 unspecified atom stereocenters. The smallest absolute Gasteiger partial charge is 0.226 e. The van der Waals surface area contributed by atoms with E-state index in [9.17, 15) is 4.79 Å². The lowest BCUT2D eigenvalue weighted by Gasteiger charge is -2.05. The van der Waals surface area contributed by atoms with Gasteiger partial charge in [-0.1, -0.05) is 6.58 Å². The summed E-state index contributed by atoms with van der Waals surface area (Å²) in [6, 6.07) is 0. The molecule has 15 heavy (non-hydrogen) atoms. The van der Waals surface area contributed by atoms with Crippen LogP contribution in [0, 0.1) is 0 Å². The predicted molar refractivity (Wildman–Crippen MR) is 60.8 cm³/mol. The number of carbonyl (C=O) groups excluding carboxylic acids is 1. The topological polar surface area (TPSA) is 53.9 Å². The molecular formula is C10H19N3O2. The highest BCUT2D eigenvalue weighted by molar-refractivity contribution is 5.78. The van der Waals surface area contributed by atoms with Gasteiger partial charge in [0.1, 0.15) is 0 Å². The maximum absolute atomic E-state index is 11.3. The molecular weight excluding hydrogens is 194 g/mol. The van der Waals surface area contributed by atoms with E-state index in [2.05, 4.69) is 16.9 Å². The molecule has 0 spiro atoms. The fraction of sp³-hybridized carbons (Fsp3) is 0.600. The van der Waals surface area contributed by atoms with Gasteiger partial charge in [-0.05, 0) is 0 Å². The molecule has 0 aromatic heterocycles. The Hall–Kier alpha value is -1.36. The van der Waals surface area contributed by atoms with Crippen LogP contribution in [0.5, 0.6) is 0 Å². The van der Waals surface area contributed by atoms with Gasteiger partial charge in [-0.2, -0.15) is 0 Å². The molecule has 86 valence electrons. The fourth-order valence-corrected chi connectivity index (χ4v) is 0.783. The molecule has 0 rings (SSSR count). The molecule has 0 atom stereocenters. The first-order chi connectivity index (χ1) is 7.06. The Kier molecular flexibility index (Phi) is 7.27. The van der Waals surface area contributed by atoms with Gasteiger partial charge in [-0.25, -0.2) is 4.99 Å². The number of aliphatic imine (C=N–C) groups is 1. The van der Waals surface area contributed by atoms with Crippen molar-refractivity contribution in [1.82, 2.24) is 10.2 Å². The second kappa shape index (κ2) is 7.99. The third-order valence-corrected chi connectivity index (χ3v) is 1.46. The number of amides is 1. The third kappa shape index (κ3) is 8.96. The Morgan fingerprint density at radius 3 is 2.80 bits per heavy atom. The Labute approximate surface area is 90.8 Å². The van der Waals surface area contributed by atoms with E-state index in [0.717, 1.165) is 0 Å². The highest BCUT2D eigenvalue weighted by Crippen LogP contribution is 1.98. The van der Waals surface area contributed by atoms with Gasteiger partial charge in [0.25, 0.3) is 0 Å². The van der Waals surface area contributed by atoms with E-state index in [1.807, 2.05) is 14.1 Å². The van der Waals surface area contributed by atoms with Crippen molar-refractivity contribution in [2.75, 3.05) is 34.4 Å². The SMILES string of the molecule is C=C(CC(=O)NCCOC)N=CN(C)C. The van der Waals surface area contributed by atoms with Gasteiger partial charge in [-0.15, -0.1) is 0 Å². The van der Waals surface area contributed by atoms with Crippen molar-refractivity contribution in [3.63, 3.8) is 0 Å². The number of nitrogens with one attached hydrogen (secondary N) is 1. The molecule has 1 N–H and O–H groups in total. The zero-order valence-electron chi connectivity index (χ0n) is 9.62. The van der Waals surface area contributed by atoms with E-state index in [1.165, 1.54) is 0 Å². The molecule has 0 aliphatic heterocycles. The molecule has 0 heterocycles. The lowest BCUT2D eigenvalue weighted by atomic mass is 10.3. The van der Waals surface area contributed by atoms with Crippen molar-refractivity contribution >= 4 is 12.2 Å². The summed E-state index contributed by atoms with van der Waals surface area (Å²) in [5, 5.41) is 2.69. The highest BCUT2D eigenvalue weighted by atomic mass is 16.5. The van der Waals surface area contributed by atoms with Gasteiger partial charge in [-0.3, -0.25) is 4.79 Å². The van der Waals surface area contributed by atoms with Crippen LogP contribution in [0.25, 0.3) is 0 Å². The van der Waals surface area contributed by atoms with Gasteiger partial charge < -0.3 is 15.0 Å². The van der Waals surface area contributed by atoms with E-state index < -0.39 is 0 Å². The summed E-state index contributed by atoms with van der Waals surface area (Å²) in [7, 11) is 5.30. The standard InChI is InChI=1S/C10H19N3O2/c1-9(12-8-13(2)3)7-10(14)11-5-6-15-4/h8H,1,5-7H2,2-4H3,(H,11,14). The number of carbonyl (C=O) groups is 1. The van der Waals surface area contributed by atoms with Crippen LogP contribution in [0.1, 0.15) is 6.42 Å². The summed E-state index contributed by atoms with van der Waals surface area (Å²) < 4.78 is 4.80. The number of ether oxygens (including phenoxy) is 1. The number of rotatable bonds is 7. The van der Waals surface area contributed by atoms with Gasteiger partial charge >= 0.3 is 0 Å². The lowest BCUT2D eigenvalue weighted by molar-refractivity contribution is -0.120. The molecule has 0 aromatic carbocycles. The van der Waals surface area contributed by atoms with Crippen LogP contribution in [0.3, 0.4) is 0 Å². The molecule has 0 saturated carbocycles. The zero-order chi connectivity index (χ0) is 11.7. The van der Waals surface area contributed by atoms with Crippen molar-refractivity contribution in [3.05, 3.63) is 12.3 Å². The number of hydrogen-bond acceptors (Lipinski definition) is 3. The molecule has 0 fully saturated rings. The molecule has 1 amide bonds. The number of nitrogens with zero attached hydrogens (tertiary/aromatic N) is 2. The summed E-state index contributed by atoms with van der Waals surface area (Å²) in [5.74, 6) is -0.0899. The van der Waals surface area contributed by atoms with Crippen LogP contribution in [-0.2, 0) is 9.53 Å². The van der Waals surface area contributed by atoms with Gasteiger partial charge in [0, 0.05) is 33.4 Å². The minimum Gasteiger partial charge on any atom is -0.383 e. The van der Waals surface area contributed by atoms with Crippen molar-refractivity contribution in [2.45, 2.75) is 6.42 Å². The minimum absolute atomic E-state index is 0.0899. The average molecular weight is 213 g/mol. The van der Waals surface area contributed by atoms with E-state index in [4.69, 9.17) is 4.74 Å². The minimum atomic E-state index is -0.0899. The average Bonchev–Trinajstić information content (AvgIpc) is 2.15. The van der Waals surface area contributed by atoms with E-state index in [1.54, 1.807) is 18.3 Å². The van der Waals surface area contributed by atoms with E-state index in [0.29, 0.717) is 18.8 Å². The molecule has 0 aromatic rings. The molecule has 5 heteroatoms. The van der Waals surface area contributed by atoms with Crippen molar-refractivity contribution < 1.29 is 9.53 Å². The Bertz CT molecular complexity index is 237. The first-order valence-corrected chi connectivity index (χ1v) is 4.70. The largest absolute Gasteiger partial charge is 0.383 e. The van der Waals surface area contributed by atoms with E-state index in [-0.39, 0.29) is 12.3 Å². The predicted octanol–water partition coefficient (Wildman–Crippen LogP) is 0.243. The Balaban J connectivity index is 3.72.